The number of aryl methyl sites for hydroxylation is 3. The molecule has 7 heteroatoms. The van der Waals surface area contributed by atoms with Crippen LogP contribution in [0, 0.1) is 13.8 Å². The van der Waals surface area contributed by atoms with Crippen molar-refractivity contribution in [2.45, 2.75) is 13.8 Å². The summed E-state index contributed by atoms with van der Waals surface area (Å²) in [6, 6.07) is 15.1. The highest BCUT2D eigenvalue weighted by atomic mass is 16.5. The summed E-state index contributed by atoms with van der Waals surface area (Å²) in [5, 5.41) is 9.71. The maximum Gasteiger partial charge on any atom is 0.339 e. The predicted octanol–water partition coefficient (Wildman–Crippen LogP) is 3.53. The number of carbonyl (C=O) groups excluding carboxylic acids is 2. The number of amides is 1. The van der Waals surface area contributed by atoms with E-state index in [0.29, 0.717) is 33.7 Å². The number of rotatable bonds is 4. The van der Waals surface area contributed by atoms with Crippen LogP contribution in [0.3, 0.4) is 0 Å². The number of ether oxygens (including phenoxy) is 1. The fourth-order valence-electron chi connectivity index (χ4n) is 3.46. The molecule has 1 amide bonds. The minimum Gasteiger partial charge on any atom is -0.452 e. The van der Waals surface area contributed by atoms with Gasteiger partial charge in [-0.15, -0.1) is 0 Å². The van der Waals surface area contributed by atoms with Crippen molar-refractivity contribution in [3.05, 3.63) is 65.5 Å². The summed E-state index contributed by atoms with van der Waals surface area (Å²) >= 11 is 0. The lowest BCUT2D eigenvalue weighted by Gasteiger charge is -2.10. The van der Waals surface area contributed by atoms with Crippen LogP contribution in [0.5, 0.6) is 0 Å². The van der Waals surface area contributed by atoms with Gasteiger partial charge in [-0.2, -0.15) is 5.10 Å². The van der Waals surface area contributed by atoms with E-state index in [0.717, 1.165) is 10.8 Å². The third-order valence-electron chi connectivity index (χ3n) is 4.71. The van der Waals surface area contributed by atoms with E-state index >= 15 is 0 Å². The zero-order chi connectivity index (χ0) is 20.5. The molecule has 0 radical (unpaired) electrons. The summed E-state index contributed by atoms with van der Waals surface area (Å²) in [4.78, 5) is 29.5. The van der Waals surface area contributed by atoms with Crippen LogP contribution in [0.25, 0.3) is 21.8 Å². The number of nitrogens with one attached hydrogen (secondary N) is 1. The van der Waals surface area contributed by atoms with Crippen molar-refractivity contribution < 1.29 is 14.3 Å². The van der Waals surface area contributed by atoms with Gasteiger partial charge in [-0.3, -0.25) is 9.48 Å². The summed E-state index contributed by atoms with van der Waals surface area (Å²) in [7, 11) is 1.77. The molecule has 0 fully saturated rings. The van der Waals surface area contributed by atoms with Gasteiger partial charge in [-0.05, 0) is 31.4 Å². The Morgan fingerprint density at radius 2 is 1.86 bits per heavy atom. The van der Waals surface area contributed by atoms with Crippen LogP contribution < -0.4 is 5.32 Å². The molecule has 0 aliphatic carbocycles. The summed E-state index contributed by atoms with van der Waals surface area (Å²) in [5.41, 5.74) is 3.00. The van der Waals surface area contributed by atoms with E-state index in [9.17, 15) is 9.59 Å². The van der Waals surface area contributed by atoms with E-state index in [1.165, 1.54) is 0 Å². The highest BCUT2D eigenvalue weighted by molar-refractivity contribution is 6.06. The first kappa shape index (κ1) is 18.6. The smallest absolute Gasteiger partial charge is 0.339 e. The molecule has 0 saturated heterocycles. The van der Waals surface area contributed by atoms with Crippen LogP contribution in [-0.2, 0) is 16.6 Å². The van der Waals surface area contributed by atoms with Crippen LogP contribution in [0.15, 0.2) is 48.5 Å². The van der Waals surface area contributed by atoms with Crippen LogP contribution in [0.4, 0.5) is 5.69 Å². The predicted molar refractivity (Wildman–Crippen MR) is 111 cm³/mol. The molecule has 4 aromatic rings. The lowest BCUT2D eigenvalue weighted by atomic mass is 10.1. The van der Waals surface area contributed by atoms with Gasteiger partial charge in [-0.1, -0.05) is 36.4 Å². The van der Waals surface area contributed by atoms with E-state index in [4.69, 9.17) is 4.74 Å². The van der Waals surface area contributed by atoms with Gasteiger partial charge in [0, 0.05) is 23.8 Å². The molecule has 0 aliphatic rings. The molecule has 0 bridgehead atoms. The van der Waals surface area contributed by atoms with Crippen LogP contribution >= 0.6 is 0 Å². The Balaban J connectivity index is 1.51. The van der Waals surface area contributed by atoms with Gasteiger partial charge in [0.2, 0.25) is 0 Å². The number of hydrogen-bond acceptors (Lipinski definition) is 5. The number of pyridine rings is 1. The molecule has 7 nitrogen and oxygen atoms in total. The summed E-state index contributed by atoms with van der Waals surface area (Å²) in [6.45, 7) is 3.22. The van der Waals surface area contributed by atoms with Crippen LogP contribution in [0.1, 0.15) is 21.7 Å². The zero-order valence-corrected chi connectivity index (χ0v) is 16.4. The van der Waals surface area contributed by atoms with Gasteiger partial charge in [0.1, 0.15) is 0 Å². The van der Waals surface area contributed by atoms with Crippen molar-refractivity contribution in [2.75, 3.05) is 11.9 Å². The SMILES string of the molecule is Cc1cc(C(=O)OCC(=O)Nc2cccc3ccccc23)c2c(C)nn(C)c2n1. The van der Waals surface area contributed by atoms with Crippen LogP contribution in [-0.4, -0.2) is 33.2 Å². The number of nitrogens with zero attached hydrogens (tertiary/aromatic N) is 3. The molecule has 0 unspecified atom stereocenters. The van der Waals surface area contributed by atoms with Gasteiger partial charge < -0.3 is 10.1 Å². The Morgan fingerprint density at radius 3 is 2.69 bits per heavy atom. The zero-order valence-electron chi connectivity index (χ0n) is 16.4. The van der Waals surface area contributed by atoms with Crippen molar-refractivity contribution in [3.8, 4) is 0 Å². The van der Waals surface area contributed by atoms with E-state index < -0.39 is 11.9 Å². The topological polar surface area (TPSA) is 86.1 Å². The Labute approximate surface area is 167 Å². The molecule has 0 saturated carbocycles. The number of esters is 1. The second-order valence-corrected chi connectivity index (χ2v) is 6.87. The van der Waals surface area contributed by atoms with Crippen molar-refractivity contribution in [3.63, 3.8) is 0 Å². The molecule has 146 valence electrons. The Kier molecular flexibility index (Phi) is 4.72. The fraction of sp³-hybridized carbons (Fsp3) is 0.182. The average molecular weight is 388 g/mol. The molecule has 2 aromatic heterocycles. The lowest BCUT2D eigenvalue weighted by Crippen LogP contribution is -2.21. The molecule has 1 N–H and O–H groups in total. The maximum absolute atomic E-state index is 12.7. The minimum absolute atomic E-state index is 0.357. The van der Waals surface area contributed by atoms with Crippen molar-refractivity contribution in [1.29, 1.82) is 0 Å². The second-order valence-electron chi connectivity index (χ2n) is 6.87. The monoisotopic (exact) mass is 388 g/mol. The van der Waals surface area contributed by atoms with Gasteiger partial charge in [0.05, 0.1) is 16.6 Å². The molecule has 0 aliphatic heterocycles. The van der Waals surface area contributed by atoms with E-state index in [2.05, 4.69) is 15.4 Å². The van der Waals surface area contributed by atoms with Crippen LogP contribution in [0.2, 0.25) is 0 Å². The molecule has 0 atom stereocenters. The minimum atomic E-state index is -0.579. The second kappa shape index (κ2) is 7.35. The third kappa shape index (κ3) is 3.54. The number of fused-ring (bicyclic) bond motifs is 2. The van der Waals surface area contributed by atoms with E-state index in [1.54, 1.807) is 24.7 Å². The molecule has 2 aromatic carbocycles. The largest absolute Gasteiger partial charge is 0.452 e. The number of benzene rings is 2. The van der Waals surface area contributed by atoms with Gasteiger partial charge >= 0.3 is 5.97 Å². The lowest BCUT2D eigenvalue weighted by molar-refractivity contribution is -0.119. The molecular weight excluding hydrogens is 368 g/mol. The quantitative estimate of drug-likeness (QED) is 0.541. The molecule has 0 spiro atoms. The van der Waals surface area contributed by atoms with Gasteiger partial charge in [0.25, 0.3) is 5.91 Å². The standard InChI is InChI=1S/C22H20N4O3/c1-13-11-17(20-14(2)25-26(3)21(20)23-13)22(28)29-12-19(27)24-18-10-6-8-15-7-4-5-9-16(15)18/h4-11H,12H2,1-3H3,(H,24,27). The van der Waals surface area contributed by atoms with Crippen molar-refractivity contribution in [1.82, 2.24) is 14.8 Å². The molecular formula is C22H20N4O3. The van der Waals surface area contributed by atoms with Gasteiger partial charge in [-0.25, -0.2) is 9.78 Å². The summed E-state index contributed by atoms with van der Waals surface area (Å²) < 4.78 is 6.91. The first-order valence-corrected chi connectivity index (χ1v) is 9.19. The Hall–Kier alpha value is -3.74. The number of anilines is 1. The molecule has 4 rings (SSSR count). The highest BCUT2D eigenvalue weighted by Crippen LogP contribution is 2.24. The normalized spacial score (nSPS) is 11.0. The van der Waals surface area contributed by atoms with Crippen molar-refractivity contribution >= 4 is 39.4 Å². The Morgan fingerprint density at radius 1 is 1.10 bits per heavy atom. The summed E-state index contributed by atoms with van der Waals surface area (Å²) in [5.74, 6) is -0.982. The number of aromatic nitrogens is 3. The number of carbonyl (C=O) groups is 2. The first-order valence-electron chi connectivity index (χ1n) is 9.19. The summed E-state index contributed by atoms with van der Waals surface area (Å²) in [6.07, 6.45) is 0. The number of hydrogen-bond donors (Lipinski definition) is 1. The Bertz CT molecular complexity index is 1250. The maximum atomic E-state index is 12.7. The van der Waals surface area contributed by atoms with Crippen molar-refractivity contribution in [2.24, 2.45) is 7.05 Å². The molecule has 2 heterocycles. The fourth-order valence-corrected chi connectivity index (χ4v) is 3.46. The first-order chi connectivity index (χ1) is 13.9. The van der Waals surface area contributed by atoms with E-state index in [1.807, 2.05) is 49.4 Å². The third-order valence-corrected chi connectivity index (χ3v) is 4.71. The highest BCUT2D eigenvalue weighted by Gasteiger charge is 2.19. The van der Waals surface area contributed by atoms with Gasteiger partial charge in [0.15, 0.2) is 12.3 Å². The van der Waals surface area contributed by atoms with E-state index in [-0.39, 0.29) is 6.61 Å². The average Bonchev–Trinajstić information content (AvgIpc) is 2.99. The molecule has 29 heavy (non-hydrogen) atoms.